The summed E-state index contributed by atoms with van der Waals surface area (Å²) in [7, 11) is -3.02. The van der Waals surface area contributed by atoms with Gasteiger partial charge in [-0.15, -0.1) is 0 Å². The largest absolute Gasteiger partial charge is 0.273 e. The van der Waals surface area contributed by atoms with E-state index in [9.17, 15) is 22.4 Å². The van der Waals surface area contributed by atoms with Crippen LogP contribution >= 0.6 is 0 Å². The molecule has 0 aliphatic carbocycles. The van der Waals surface area contributed by atoms with Gasteiger partial charge < -0.3 is 0 Å². The zero-order valence-electron chi connectivity index (χ0n) is 12.3. The van der Waals surface area contributed by atoms with Gasteiger partial charge in [0, 0.05) is 12.5 Å². The Balaban J connectivity index is 1.73. The Morgan fingerprint density at radius 3 is 2.52 bits per heavy atom. The van der Waals surface area contributed by atoms with Crippen LogP contribution in [0.5, 0.6) is 0 Å². The second kappa shape index (κ2) is 7.36. The zero-order chi connectivity index (χ0) is 16.9. The molecule has 2 N–H and O–H groups in total. The van der Waals surface area contributed by atoms with E-state index in [0.29, 0.717) is 12.0 Å². The topological polar surface area (TPSA) is 92.3 Å². The number of rotatable bonds is 4. The number of sulfone groups is 1. The predicted octanol–water partition coefficient (Wildman–Crippen LogP) is 0.811. The van der Waals surface area contributed by atoms with Crippen LogP contribution in [0, 0.1) is 11.7 Å². The number of benzene rings is 1. The van der Waals surface area contributed by atoms with E-state index in [1.54, 1.807) is 0 Å². The SMILES string of the molecule is O=C(/C=C/c1ccc(F)cc1)NNC(=O)C[C@@H]1CCS(=O)(=O)C1. The van der Waals surface area contributed by atoms with Gasteiger partial charge in [0.15, 0.2) is 9.84 Å². The van der Waals surface area contributed by atoms with E-state index >= 15 is 0 Å². The Labute approximate surface area is 133 Å². The molecule has 124 valence electrons. The molecule has 0 unspecified atom stereocenters. The van der Waals surface area contributed by atoms with Crippen molar-refractivity contribution in [2.24, 2.45) is 5.92 Å². The smallest absolute Gasteiger partial charge is 0.262 e. The molecular weight excluding hydrogens is 323 g/mol. The molecule has 1 fully saturated rings. The summed E-state index contributed by atoms with van der Waals surface area (Å²) in [5.41, 5.74) is 5.09. The molecule has 0 saturated carbocycles. The van der Waals surface area contributed by atoms with Gasteiger partial charge in [-0.1, -0.05) is 12.1 Å². The van der Waals surface area contributed by atoms with E-state index in [-0.39, 0.29) is 29.7 Å². The van der Waals surface area contributed by atoms with E-state index in [1.807, 2.05) is 0 Å². The molecule has 1 saturated heterocycles. The van der Waals surface area contributed by atoms with Crippen molar-refractivity contribution in [1.82, 2.24) is 10.9 Å². The van der Waals surface area contributed by atoms with Crippen molar-refractivity contribution in [1.29, 1.82) is 0 Å². The van der Waals surface area contributed by atoms with Crippen LogP contribution in [-0.4, -0.2) is 31.7 Å². The lowest BCUT2D eigenvalue weighted by molar-refractivity contribution is -0.127. The number of carbonyl (C=O) groups excluding carboxylic acids is 2. The summed E-state index contributed by atoms with van der Waals surface area (Å²) in [6.45, 7) is 0. The molecule has 1 aromatic carbocycles. The summed E-state index contributed by atoms with van der Waals surface area (Å²) in [5, 5.41) is 0. The van der Waals surface area contributed by atoms with Gasteiger partial charge in [-0.05, 0) is 36.1 Å². The molecule has 0 bridgehead atoms. The molecular formula is C15H17FN2O4S. The number of carbonyl (C=O) groups is 2. The first-order valence-corrected chi connectivity index (χ1v) is 8.89. The van der Waals surface area contributed by atoms with Crippen LogP contribution in [0.1, 0.15) is 18.4 Å². The van der Waals surface area contributed by atoms with Gasteiger partial charge in [-0.2, -0.15) is 0 Å². The Hall–Kier alpha value is -2.22. The Morgan fingerprint density at radius 2 is 1.91 bits per heavy atom. The second-order valence-corrected chi connectivity index (χ2v) is 7.62. The molecule has 0 radical (unpaired) electrons. The Bertz CT molecular complexity index is 713. The summed E-state index contributed by atoms with van der Waals surface area (Å²) in [6, 6.07) is 5.57. The highest BCUT2D eigenvalue weighted by molar-refractivity contribution is 7.91. The van der Waals surface area contributed by atoms with Crippen molar-refractivity contribution in [3.63, 3.8) is 0 Å². The third-order valence-electron chi connectivity index (χ3n) is 3.42. The molecule has 23 heavy (non-hydrogen) atoms. The molecule has 2 rings (SSSR count). The lowest BCUT2D eigenvalue weighted by atomic mass is 10.1. The predicted molar refractivity (Wildman–Crippen MR) is 83.1 cm³/mol. The van der Waals surface area contributed by atoms with Gasteiger partial charge in [0.05, 0.1) is 11.5 Å². The van der Waals surface area contributed by atoms with Crippen molar-refractivity contribution in [3.05, 3.63) is 41.7 Å². The minimum absolute atomic E-state index is 0.0127. The molecule has 0 spiro atoms. The standard InChI is InChI=1S/C15H17FN2O4S/c16-13-4-1-11(2-5-13)3-6-14(19)17-18-15(20)9-12-7-8-23(21,22)10-12/h1-6,12H,7-10H2,(H,17,19)(H,18,20)/b6-3+/t12-/m0/s1. The maximum atomic E-state index is 12.7. The summed E-state index contributed by atoms with van der Waals surface area (Å²) in [6.07, 6.45) is 3.20. The van der Waals surface area contributed by atoms with Crippen LogP contribution in [0.4, 0.5) is 4.39 Å². The number of hydrogen-bond acceptors (Lipinski definition) is 4. The van der Waals surface area contributed by atoms with Crippen molar-refractivity contribution in [2.45, 2.75) is 12.8 Å². The molecule has 0 aromatic heterocycles. The maximum absolute atomic E-state index is 12.7. The minimum Gasteiger partial charge on any atom is -0.273 e. The molecule has 6 nitrogen and oxygen atoms in total. The van der Waals surface area contributed by atoms with E-state index in [4.69, 9.17) is 0 Å². The van der Waals surface area contributed by atoms with Crippen LogP contribution in [-0.2, 0) is 19.4 Å². The summed E-state index contributed by atoms with van der Waals surface area (Å²) in [4.78, 5) is 23.2. The number of nitrogens with one attached hydrogen (secondary N) is 2. The van der Waals surface area contributed by atoms with Crippen molar-refractivity contribution >= 4 is 27.7 Å². The van der Waals surface area contributed by atoms with Crippen molar-refractivity contribution in [3.8, 4) is 0 Å². The van der Waals surface area contributed by atoms with Crippen LogP contribution < -0.4 is 10.9 Å². The molecule has 2 amide bonds. The van der Waals surface area contributed by atoms with Crippen LogP contribution in [0.25, 0.3) is 6.08 Å². The van der Waals surface area contributed by atoms with Crippen LogP contribution in [0.15, 0.2) is 30.3 Å². The first-order valence-electron chi connectivity index (χ1n) is 7.07. The third kappa shape index (κ3) is 5.82. The third-order valence-corrected chi connectivity index (χ3v) is 5.26. The average Bonchev–Trinajstić information content (AvgIpc) is 2.83. The van der Waals surface area contributed by atoms with Gasteiger partial charge in [0.1, 0.15) is 5.82 Å². The highest BCUT2D eigenvalue weighted by Crippen LogP contribution is 2.21. The lowest BCUT2D eigenvalue weighted by Gasteiger charge is -2.08. The van der Waals surface area contributed by atoms with E-state index in [2.05, 4.69) is 10.9 Å². The van der Waals surface area contributed by atoms with Gasteiger partial charge in [0.2, 0.25) is 5.91 Å². The van der Waals surface area contributed by atoms with Crippen molar-refractivity contribution in [2.75, 3.05) is 11.5 Å². The quantitative estimate of drug-likeness (QED) is 0.627. The molecule has 1 heterocycles. The highest BCUT2D eigenvalue weighted by Gasteiger charge is 2.29. The minimum atomic E-state index is -3.02. The molecule has 1 aliphatic heterocycles. The first kappa shape index (κ1) is 17.1. The van der Waals surface area contributed by atoms with Crippen LogP contribution in [0.2, 0.25) is 0 Å². The normalized spacial score (nSPS) is 19.6. The van der Waals surface area contributed by atoms with Gasteiger partial charge in [-0.3, -0.25) is 20.4 Å². The first-order chi connectivity index (χ1) is 10.8. The molecule has 1 atom stereocenters. The lowest BCUT2D eigenvalue weighted by Crippen LogP contribution is -2.41. The Kier molecular flexibility index (Phi) is 5.49. The van der Waals surface area contributed by atoms with E-state index in [1.165, 1.54) is 36.4 Å². The second-order valence-electron chi connectivity index (χ2n) is 5.40. The number of amides is 2. The van der Waals surface area contributed by atoms with Crippen molar-refractivity contribution < 1.29 is 22.4 Å². The maximum Gasteiger partial charge on any atom is 0.262 e. The number of hydrazine groups is 1. The van der Waals surface area contributed by atoms with Crippen LogP contribution in [0.3, 0.4) is 0 Å². The monoisotopic (exact) mass is 340 g/mol. The summed E-state index contributed by atoms with van der Waals surface area (Å²) < 4.78 is 35.3. The molecule has 1 aromatic rings. The summed E-state index contributed by atoms with van der Waals surface area (Å²) >= 11 is 0. The van der Waals surface area contributed by atoms with Gasteiger partial charge >= 0.3 is 0 Å². The Morgan fingerprint density at radius 1 is 1.22 bits per heavy atom. The number of hydrogen-bond donors (Lipinski definition) is 2. The fourth-order valence-electron chi connectivity index (χ4n) is 2.26. The van der Waals surface area contributed by atoms with E-state index < -0.39 is 21.7 Å². The fraction of sp³-hybridized carbons (Fsp3) is 0.333. The highest BCUT2D eigenvalue weighted by atomic mass is 32.2. The van der Waals surface area contributed by atoms with Gasteiger partial charge in [0.25, 0.3) is 5.91 Å². The molecule has 1 aliphatic rings. The van der Waals surface area contributed by atoms with Gasteiger partial charge in [-0.25, -0.2) is 12.8 Å². The molecule has 8 heteroatoms. The van der Waals surface area contributed by atoms with E-state index in [0.717, 1.165) is 0 Å². The fourth-order valence-corrected chi connectivity index (χ4v) is 4.13. The summed E-state index contributed by atoms with van der Waals surface area (Å²) in [5.74, 6) is -1.42. The average molecular weight is 340 g/mol. The number of halogens is 1. The zero-order valence-corrected chi connectivity index (χ0v) is 13.1.